The van der Waals surface area contributed by atoms with Gasteiger partial charge in [0.25, 0.3) is 0 Å². The van der Waals surface area contributed by atoms with E-state index in [1.807, 2.05) is 37.3 Å². The van der Waals surface area contributed by atoms with Gasteiger partial charge in [-0.1, -0.05) is 35.0 Å². The Morgan fingerprint density at radius 3 is 2.67 bits per heavy atom. The van der Waals surface area contributed by atoms with Crippen LogP contribution >= 0.6 is 0 Å². The highest BCUT2D eigenvalue weighted by Crippen LogP contribution is 2.20. The van der Waals surface area contributed by atoms with E-state index < -0.39 is 0 Å². The predicted molar refractivity (Wildman–Crippen MR) is 90.3 cm³/mol. The summed E-state index contributed by atoms with van der Waals surface area (Å²) < 4.78 is 5.28. The Hall–Kier alpha value is -2.34. The minimum atomic E-state index is -0.222. The number of nitrogens with zero attached hydrogens (tertiary/aromatic N) is 1. The molecule has 0 bridgehead atoms. The minimum Gasteiger partial charge on any atom is -0.393 e. The highest BCUT2D eigenvalue weighted by atomic mass is 16.5. The van der Waals surface area contributed by atoms with Crippen LogP contribution in [0.2, 0.25) is 0 Å². The van der Waals surface area contributed by atoms with Crippen LogP contribution in [0.5, 0.6) is 0 Å². The van der Waals surface area contributed by atoms with E-state index in [1.165, 1.54) is 5.56 Å². The van der Waals surface area contributed by atoms with Crippen LogP contribution in [0.15, 0.2) is 34.9 Å². The highest BCUT2D eigenvalue weighted by molar-refractivity contribution is 5.74. The number of nitrogens with one attached hydrogen (secondary N) is 2. The van der Waals surface area contributed by atoms with Crippen molar-refractivity contribution in [1.29, 1.82) is 0 Å². The van der Waals surface area contributed by atoms with Gasteiger partial charge in [0, 0.05) is 17.7 Å². The molecule has 3 N–H and O–H groups in total. The van der Waals surface area contributed by atoms with Gasteiger partial charge in [0.1, 0.15) is 5.69 Å². The summed E-state index contributed by atoms with van der Waals surface area (Å²) >= 11 is 0. The molecular weight excluding hydrogens is 306 g/mol. The van der Waals surface area contributed by atoms with Crippen molar-refractivity contribution < 1.29 is 14.4 Å². The smallest absolute Gasteiger partial charge is 0.315 e. The van der Waals surface area contributed by atoms with E-state index in [4.69, 9.17) is 4.52 Å². The monoisotopic (exact) mass is 329 g/mol. The molecule has 6 nitrogen and oxygen atoms in total. The van der Waals surface area contributed by atoms with Crippen LogP contribution in [0.3, 0.4) is 0 Å². The van der Waals surface area contributed by atoms with Crippen LogP contribution in [0.1, 0.15) is 37.0 Å². The fourth-order valence-corrected chi connectivity index (χ4v) is 2.88. The summed E-state index contributed by atoms with van der Waals surface area (Å²) in [6, 6.07) is 9.79. The molecule has 3 rings (SSSR count). The molecular formula is C18H23N3O3. The Bertz CT molecular complexity index is 673. The van der Waals surface area contributed by atoms with Crippen molar-refractivity contribution in [2.75, 3.05) is 0 Å². The SMILES string of the molecule is Cc1ccc(-c2cc(CNC(=O)NC3CCC(O)CC3)on2)cc1. The number of carbonyl (C=O) groups is 1. The lowest BCUT2D eigenvalue weighted by molar-refractivity contribution is 0.117. The number of hydrogen-bond acceptors (Lipinski definition) is 4. The van der Waals surface area contributed by atoms with Crippen LogP contribution in [0, 0.1) is 6.92 Å². The van der Waals surface area contributed by atoms with Crippen LogP contribution in [0.4, 0.5) is 4.79 Å². The van der Waals surface area contributed by atoms with Gasteiger partial charge in [0.2, 0.25) is 0 Å². The molecule has 0 unspecified atom stereocenters. The Balaban J connectivity index is 1.48. The molecule has 0 spiro atoms. The average Bonchev–Trinajstić information content (AvgIpc) is 3.05. The van der Waals surface area contributed by atoms with Crippen molar-refractivity contribution in [3.8, 4) is 11.3 Å². The maximum absolute atomic E-state index is 11.9. The first kappa shape index (κ1) is 16.5. The normalized spacial score (nSPS) is 20.6. The van der Waals surface area contributed by atoms with Crippen LogP contribution in [-0.2, 0) is 6.54 Å². The summed E-state index contributed by atoms with van der Waals surface area (Å²) in [4.78, 5) is 11.9. The second-order valence-corrected chi connectivity index (χ2v) is 6.38. The molecule has 1 aliphatic carbocycles. The van der Waals surface area contributed by atoms with Crippen molar-refractivity contribution in [3.63, 3.8) is 0 Å². The van der Waals surface area contributed by atoms with Crippen molar-refractivity contribution in [2.24, 2.45) is 0 Å². The number of rotatable bonds is 4. The van der Waals surface area contributed by atoms with Crippen LogP contribution in [-0.4, -0.2) is 28.4 Å². The number of amides is 2. The third-order valence-electron chi connectivity index (χ3n) is 4.36. The van der Waals surface area contributed by atoms with Crippen molar-refractivity contribution in [1.82, 2.24) is 15.8 Å². The molecule has 1 aromatic heterocycles. The zero-order valence-corrected chi connectivity index (χ0v) is 13.8. The van der Waals surface area contributed by atoms with E-state index in [0.29, 0.717) is 12.3 Å². The molecule has 1 aliphatic rings. The summed E-state index contributed by atoms with van der Waals surface area (Å²) in [7, 11) is 0. The number of urea groups is 1. The summed E-state index contributed by atoms with van der Waals surface area (Å²) in [6.07, 6.45) is 2.89. The number of aromatic nitrogens is 1. The zero-order chi connectivity index (χ0) is 16.9. The standard InChI is InChI=1S/C18H23N3O3/c1-12-2-4-13(5-3-12)17-10-16(24-21-17)11-19-18(23)20-14-6-8-15(22)9-7-14/h2-5,10,14-15,22H,6-9,11H2,1H3,(H2,19,20,23). The second kappa shape index (κ2) is 7.49. The topological polar surface area (TPSA) is 87.4 Å². The largest absolute Gasteiger partial charge is 0.393 e. The number of benzene rings is 1. The Kier molecular flexibility index (Phi) is 5.15. The molecule has 1 fully saturated rings. The zero-order valence-electron chi connectivity index (χ0n) is 13.8. The van der Waals surface area contributed by atoms with Gasteiger partial charge in [-0.05, 0) is 32.6 Å². The summed E-state index contributed by atoms with van der Waals surface area (Å²) in [5.41, 5.74) is 2.94. The fourth-order valence-electron chi connectivity index (χ4n) is 2.88. The molecule has 24 heavy (non-hydrogen) atoms. The molecule has 128 valence electrons. The predicted octanol–water partition coefficient (Wildman–Crippen LogP) is 2.75. The lowest BCUT2D eigenvalue weighted by Gasteiger charge is -2.26. The van der Waals surface area contributed by atoms with E-state index in [-0.39, 0.29) is 18.2 Å². The van der Waals surface area contributed by atoms with Crippen molar-refractivity contribution in [2.45, 2.75) is 51.3 Å². The highest BCUT2D eigenvalue weighted by Gasteiger charge is 2.20. The van der Waals surface area contributed by atoms with Gasteiger partial charge in [-0.25, -0.2) is 4.79 Å². The second-order valence-electron chi connectivity index (χ2n) is 6.38. The molecule has 0 aliphatic heterocycles. The first-order valence-electron chi connectivity index (χ1n) is 8.35. The Labute approximate surface area is 141 Å². The minimum absolute atomic E-state index is 0.131. The lowest BCUT2D eigenvalue weighted by Crippen LogP contribution is -2.43. The van der Waals surface area contributed by atoms with Crippen molar-refractivity contribution >= 4 is 6.03 Å². The summed E-state index contributed by atoms with van der Waals surface area (Å²) in [5, 5.41) is 19.2. The number of aryl methyl sites for hydroxylation is 1. The molecule has 1 aromatic carbocycles. The molecule has 2 amide bonds. The molecule has 1 saturated carbocycles. The quantitative estimate of drug-likeness (QED) is 0.805. The van der Waals surface area contributed by atoms with Gasteiger partial charge in [-0.15, -0.1) is 0 Å². The van der Waals surface area contributed by atoms with Crippen LogP contribution < -0.4 is 10.6 Å². The number of hydrogen-bond donors (Lipinski definition) is 3. The summed E-state index contributed by atoms with van der Waals surface area (Å²) in [6.45, 7) is 2.33. The van der Waals surface area contributed by atoms with Gasteiger partial charge >= 0.3 is 6.03 Å². The maximum atomic E-state index is 11.9. The number of aliphatic hydroxyl groups excluding tert-OH is 1. The molecule has 0 saturated heterocycles. The van der Waals surface area contributed by atoms with E-state index in [2.05, 4.69) is 15.8 Å². The third-order valence-corrected chi connectivity index (χ3v) is 4.36. The first-order chi connectivity index (χ1) is 11.6. The molecule has 0 atom stereocenters. The molecule has 0 radical (unpaired) electrons. The fraction of sp³-hybridized carbons (Fsp3) is 0.444. The van der Waals surface area contributed by atoms with E-state index in [0.717, 1.165) is 36.9 Å². The van der Waals surface area contributed by atoms with E-state index >= 15 is 0 Å². The van der Waals surface area contributed by atoms with E-state index in [1.54, 1.807) is 0 Å². The maximum Gasteiger partial charge on any atom is 0.315 e. The van der Waals surface area contributed by atoms with Gasteiger partial charge in [0.05, 0.1) is 12.6 Å². The Morgan fingerprint density at radius 1 is 1.25 bits per heavy atom. The molecule has 2 aromatic rings. The molecule has 6 heteroatoms. The van der Waals surface area contributed by atoms with Gasteiger partial charge < -0.3 is 20.3 Å². The third kappa shape index (κ3) is 4.35. The molecule has 1 heterocycles. The Morgan fingerprint density at radius 2 is 1.96 bits per heavy atom. The lowest BCUT2D eigenvalue weighted by atomic mass is 9.93. The van der Waals surface area contributed by atoms with Crippen molar-refractivity contribution in [3.05, 3.63) is 41.7 Å². The van der Waals surface area contributed by atoms with Gasteiger partial charge in [0.15, 0.2) is 5.76 Å². The average molecular weight is 329 g/mol. The number of aliphatic hydroxyl groups is 1. The summed E-state index contributed by atoms with van der Waals surface area (Å²) in [5.74, 6) is 0.611. The first-order valence-corrected chi connectivity index (χ1v) is 8.35. The van der Waals surface area contributed by atoms with E-state index in [9.17, 15) is 9.90 Å². The van der Waals surface area contributed by atoms with Gasteiger partial charge in [-0.2, -0.15) is 0 Å². The van der Waals surface area contributed by atoms with Crippen LogP contribution in [0.25, 0.3) is 11.3 Å². The number of carbonyl (C=O) groups excluding carboxylic acids is 1. The van der Waals surface area contributed by atoms with Gasteiger partial charge in [-0.3, -0.25) is 0 Å².